The molecule has 1 aliphatic rings. The van der Waals surface area contributed by atoms with Gasteiger partial charge in [-0.25, -0.2) is 16.8 Å². The Labute approximate surface area is 144 Å². The van der Waals surface area contributed by atoms with Crippen LogP contribution in [0.3, 0.4) is 0 Å². The number of methoxy groups -OCH3 is 1. The van der Waals surface area contributed by atoms with Crippen molar-refractivity contribution in [3.63, 3.8) is 0 Å². The predicted molar refractivity (Wildman–Crippen MR) is 93.6 cm³/mol. The molecule has 0 amide bonds. The second-order valence-electron chi connectivity index (χ2n) is 6.16. The molecule has 1 aliphatic heterocycles. The maximum absolute atomic E-state index is 13.1. The minimum absolute atomic E-state index is 0.0530. The number of rotatable bonds is 7. The van der Waals surface area contributed by atoms with Gasteiger partial charge in [0, 0.05) is 12.6 Å². The molecule has 2 rings (SSSR count). The first-order valence-corrected chi connectivity index (χ1v) is 11.3. The third-order valence-electron chi connectivity index (χ3n) is 4.32. The largest absolute Gasteiger partial charge is 0.496 e. The highest BCUT2D eigenvalue weighted by Gasteiger charge is 2.38. The molecule has 1 unspecified atom stereocenters. The van der Waals surface area contributed by atoms with E-state index in [1.54, 1.807) is 19.1 Å². The predicted octanol–water partition coefficient (Wildman–Crippen LogP) is 1.98. The van der Waals surface area contributed by atoms with Gasteiger partial charge < -0.3 is 4.74 Å². The zero-order valence-corrected chi connectivity index (χ0v) is 16.0. The average Bonchev–Trinajstić information content (AvgIpc) is 2.87. The fourth-order valence-corrected chi connectivity index (χ4v) is 6.57. The van der Waals surface area contributed by atoms with E-state index in [-0.39, 0.29) is 16.4 Å². The van der Waals surface area contributed by atoms with Crippen LogP contribution in [-0.4, -0.2) is 52.3 Å². The Balaban J connectivity index is 2.38. The Morgan fingerprint density at radius 3 is 2.54 bits per heavy atom. The third kappa shape index (κ3) is 4.10. The van der Waals surface area contributed by atoms with Crippen LogP contribution in [0.5, 0.6) is 5.75 Å². The van der Waals surface area contributed by atoms with Crippen LogP contribution in [0.2, 0.25) is 0 Å². The highest BCUT2D eigenvalue weighted by atomic mass is 32.2. The van der Waals surface area contributed by atoms with Crippen LogP contribution in [0.4, 0.5) is 0 Å². The van der Waals surface area contributed by atoms with Gasteiger partial charge in [-0.1, -0.05) is 13.3 Å². The fourth-order valence-electron chi connectivity index (χ4n) is 2.96. The Bertz CT molecular complexity index is 787. The number of sulfonamides is 1. The summed E-state index contributed by atoms with van der Waals surface area (Å²) in [5, 5.41) is 0. The molecule has 1 atom stereocenters. The molecule has 136 valence electrons. The first kappa shape index (κ1) is 19.2. The molecule has 8 heteroatoms. The lowest BCUT2D eigenvalue weighted by molar-refractivity contribution is 0.335. The summed E-state index contributed by atoms with van der Waals surface area (Å²) in [4.78, 5) is 0.182. The number of hydrogen-bond acceptors (Lipinski definition) is 5. The van der Waals surface area contributed by atoms with Crippen LogP contribution in [0.25, 0.3) is 0 Å². The summed E-state index contributed by atoms with van der Waals surface area (Å²) in [6.45, 7) is 4.10. The first-order chi connectivity index (χ1) is 11.2. The summed E-state index contributed by atoms with van der Waals surface area (Å²) in [5.74, 6) is 0.584. The quantitative estimate of drug-likeness (QED) is 0.728. The number of benzene rings is 1. The molecule has 0 radical (unpaired) electrons. The van der Waals surface area contributed by atoms with Crippen molar-refractivity contribution in [3.8, 4) is 5.75 Å². The average molecular weight is 376 g/mol. The van der Waals surface area contributed by atoms with Crippen LogP contribution in [0.15, 0.2) is 23.1 Å². The van der Waals surface area contributed by atoms with Crippen LogP contribution >= 0.6 is 0 Å². The van der Waals surface area contributed by atoms with Gasteiger partial charge >= 0.3 is 0 Å². The van der Waals surface area contributed by atoms with Gasteiger partial charge in [-0.2, -0.15) is 4.31 Å². The van der Waals surface area contributed by atoms with Gasteiger partial charge in [0.1, 0.15) is 5.75 Å². The Hall–Kier alpha value is -1.12. The van der Waals surface area contributed by atoms with E-state index in [0.29, 0.717) is 25.1 Å². The molecule has 0 aliphatic carbocycles. The maximum Gasteiger partial charge on any atom is 0.243 e. The van der Waals surface area contributed by atoms with Crippen molar-refractivity contribution in [3.05, 3.63) is 23.8 Å². The van der Waals surface area contributed by atoms with Crippen LogP contribution in [0, 0.1) is 6.92 Å². The number of unbranched alkanes of at least 4 members (excludes halogenated alkanes) is 1. The molecule has 6 nitrogen and oxygen atoms in total. The minimum atomic E-state index is -3.74. The molecule has 0 spiro atoms. The normalized spacial score (nSPS) is 20.4. The number of nitrogens with zero attached hydrogens (tertiary/aromatic N) is 1. The molecule has 1 heterocycles. The van der Waals surface area contributed by atoms with E-state index in [4.69, 9.17) is 4.74 Å². The van der Waals surface area contributed by atoms with E-state index >= 15 is 0 Å². The lowest BCUT2D eigenvalue weighted by Gasteiger charge is -2.27. The number of sulfone groups is 1. The van der Waals surface area contributed by atoms with Crippen molar-refractivity contribution >= 4 is 19.9 Å². The van der Waals surface area contributed by atoms with E-state index in [1.165, 1.54) is 17.5 Å². The molecule has 1 aromatic carbocycles. The molecule has 24 heavy (non-hydrogen) atoms. The topological polar surface area (TPSA) is 80.8 Å². The molecule has 1 saturated heterocycles. The molecule has 1 aromatic rings. The molecule has 0 saturated carbocycles. The zero-order chi connectivity index (χ0) is 18.0. The molecule has 0 aromatic heterocycles. The van der Waals surface area contributed by atoms with E-state index < -0.39 is 25.9 Å². The second kappa shape index (κ2) is 7.41. The summed E-state index contributed by atoms with van der Waals surface area (Å²) in [6.07, 6.45) is 1.90. The van der Waals surface area contributed by atoms with Gasteiger partial charge in [0.05, 0.1) is 23.5 Å². The Kier molecular flexibility index (Phi) is 5.93. The monoisotopic (exact) mass is 375 g/mol. The second-order valence-corrected chi connectivity index (χ2v) is 10.3. The fraction of sp³-hybridized carbons (Fsp3) is 0.625. The third-order valence-corrected chi connectivity index (χ3v) is 8.02. The summed E-state index contributed by atoms with van der Waals surface area (Å²) in [5.41, 5.74) is 0.730. The van der Waals surface area contributed by atoms with E-state index in [9.17, 15) is 16.8 Å². The van der Waals surface area contributed by atoms with Gasteiger partial charge in [-0.05, 0) is 43.5 Å². The van der Waals surface area contributed by atoms with Gasteiger partial charge in [-0.15, -0.1) is 0 Å². The molecule has 0 bridgehead atoms. The summed E-state index contributed by atoms with van der Waals surface area (Å²) >= 11 is 0. The van der Waals surface area contributed by atoms with Crippen molar-refractivity contribution < 1.29 is 21.6 Å². The lowest BCUT2D eigenvalue weighted by Crippen LogP contribution is -2.41. The number of ether oxygens (including phenoxy) is 1. The van der Waals surface area contributed by atoms with Gasteiger partial charge in [0.15, 0.2) is 9.84 Å². The highest BCUT2D eigenvalue weighted by molar-refractivity contribution is 7.92. The zero-order valence-electron chi connectivity index (χ0n) is 14.4. The summed E-state index contributed by atoms with van der Waals surface area (Å²) < 4.78 is 56.3. The van der Waals surface area contributed by atoms with Crippen LogP contribution < -0.4 is 4.74 Å². The number of hydrogen-bond donors (Lipinski definition) is 0. The minimum Gasteiger partial charge on any atom is -0.496 e. The standard InChI is InChI=1S/C16H25NO5S2/c1-4-5-9-17(14-8-10-23(18,19)12-14)24(20,21)15-6-7-16(22-3)13(2)11-15/h6-7,11,14H,4-5,8-10,12H2,1-3H3. The summed E-state index contributed by atoms with van der Waals surface area (Å²) in [7, 11) is -5.36. The van der Waals surface area contributed by atoms with Gasteiger partial charge in [0.2, 0.25) is 10.0 Å². The molecular formula is C16H25NO5S2. The Morgan fingerprint density at radius 1 is 1.33 bits per heavy atom. The van der Waals surface area contributed by atoms with Crippen molar-refractivity contribution in [1.82, 2.24) is 4.31 Å². The molecular weight excluding hydrogens is 350 g/mol. The van der Waals surface area contributed by atoms with Crippen molar-refractivity contribution in [2.45, 2.75) is 44.0 Å². The maximum atomic E-state index is 13.1. The van der Waals surface area contributed by atoms with E-state index in [0.717, 1.165) is 12.0 Å². The van der Waals surface area contributed by atoms with Crippen molar-refractivity contribution in [1.29, 1.82) is 0 Å². The van der Waals surface area contributed by atoms with E-state index in [2.05, 4.69) is 0 Å². The SMILES string of the molecule is CCCCN(C1CCS(=O)(=O)C1)S(=O)(=O)c1ccc(OC)c(C)c1. The smallest absolute Gasteiger partial charge is 0.243 e. The highest BCUT2D eigenvalue weighted by Crippen LogP contribution is 2.28. The van der Waals surface area contributed by atoms with Gasteiger partial charge in [0.25, 0.3) is 0 Å². The van der Waals surface area contributed by atoms with E-state index in [1.807, 2.05) is 6.92 Å². The summed E-state index contributed by atoms with van der Waals surface area (Å²) in [6, 6.07) is 4.25. The lowest BCUT2D eigenvalue weighted by atomic mass is 10.2. The first-order valence-electron chi connectivity index (χ1n) is 8.08. The van der Waals surface area contributed by atoms with Gasteiger partial charge in [-0.3, -0.25) is 0 Å². The Morgan fingerprint density at radius 2 is 2.04 bits per heavy atom. The van der Waals surface area contributed by atoms with Crippen molar-refractivity contribution in [2.24, 2.45) is 0 Å². The molecule has 0 N–H and O–H groups in total. The molecule has 1 fully saturated rings. The number of aryl methyl sites for hydroxylation is 1. The van der Waals surface area contributed by atoms with Crippen molar-refractivity contribution in [2.75, 3.05) is 25.2 Å². The van der Waals surface area contributed by atoms with Crippen LogP contribution in [0.1, 0.15) is 31.7 Å². The van der Waals surface area contributed by atoms with Crippen LogP contribution in [-0.2, 0) is 19.9 Å².